The van der Waals surface area contributed by atoms with Crippen molar-refractivity contribution < 1.29 is 13.9 Å². The predicted molar refractivity (Wildman–Crippen MR) is 103 cm³/mol. The fraction of sp³-hybridized carbons (Fsp3) is 0.182. The molecule has 0 unspecified atom stereocenters. The van der Waals surface area contributed by atoms with Gasteiger partial charge in [0, 0.05) is 35.5 Å². The minimum Gasteiger partial charge on any atom is -0.493 e. The molecule has 0 radical (unpaired) electrons. The zero-order chi connectivity index (χ0) is 19.1. The van der Waals surface area contributed by atoms with Gasteiger partial charge in [0.1, 0.15) is 5.82 Å². The second-order valence-electron chi connectivity index (χ2n) is 6.79. The zero-order valence-corrected chi connectivity index (χ0v) is 15.2. The molecule has 5 nitrogen and oxygen atoms in total. The molecule has 0 spiro atoms. The third-order valence-corrected chi connectivity index (χ3v) is 5.13. The predicted octanol–water partition coefficient (Wildman–Crippen LogP) is 4.47. The van der Waals surface area contributed by atoms with Gasteiger partial charge in [-0.2, -0.15) is 5.10 Å². The van der Waals surface area contributed by atoms with Gasteiger partial charge in [-0.25, -0.2) is 9.40 Å². The van der Waals surface area contributed by atoms with Gasteiger partial charge >= 0.3 is 0 Å². The zero-order valence-electron chi connectivity index (χ0n) is 15.2. The van der Waals surface area contributed by atoms with Crippen molar-refractivity contribution in [3.8, 4) is 11.5 Å². The van der Waals surface area contributed by atoms with Crippen molar-refractivity contribution in [1.82, 2.24) is 9.99 Å². The lowest BCUT2D eigenvalue weighted by atomic mass is 9.96. The second-order valence-corrected chi connectivity index (χ2v) is 6.79. The SMILES string of the molecule is COc1cccc2c1O[C@H](c1cccc(F)c1)N1N=C(c3cccnc3)C[C@@H]21. The van der Waals surface area contributed by atoms with Gasteiger partial charge in [0.2, 0.25) is 6.23 Å². The number of ether oxygens (including phenoxy) is 2. The van der Waals surface area contributed by atoms with Crippen LogP contribution in [-0.2, 0) is 0 Å². The molecular weight excluding hydrogens is 357 g/mol. The first-order chi connectivity index (χ1) is 13.7. The van der Waals surface area contributed by atoms with Crippen LogP contribution in [0.15, 0.2) is 72.1 Å². The lowest BCUT2D eigenvalue weighted by Crippen LogP contribution is -2.34. The molecule has 0 fully saturated rings. The Hall–Kier alpha value is -3.41. The van der Waals surface area contributed by atoms with Crippen molar-refractivity contribution in [3.05, 3.63) is 89.5 Å². The molecule has 2 aliphatic rings. The van der Waals surface area contributed by atoms with Crippen LogP contribution in [0.5, 0.6) is 11.5 Å². The summed E-state index contributed by atoms with van der Waals surface area (Å²) in [7, 11) is 1.62. The highest BCUT2D eigenvalue weighted by Crippen LogP contribution is 2.50. The minimum absolute atomic E-state index is 0.0256. The molecule has 3 heterocycles. The number of para-hydroxylation sites is 1. The molecule has 28 heavy (non-hydrogen) atoms. The van der Waals surface area contributed by atoms with Crippen LogP contribution in [0.2, 0.25) is 0 Å². The Morgan fingerprint density at radius 1 is 1.14 bits per heavy atom. The first kappa shape index (κ1) is 16.7. The molecular formula is C22H18FN3O2. The molecule has 2 aromatic carbocycles. The fourth-order valence-corrected chi connectivity index (χ4v) is 3.83. The summed E-state index contributed by atoms with van der Waals surface area (Å²) in [5.41, 5.74) is 3.62. The maximum Gasteiger partial charge on any atom is 0.214 e. The molecule has 0 bridgehead atoms. The number of halogens is 1. The van der Waals surface area contributed by atoms with E-state index in [-0.39, 0.29) is 11.9 Å². The topological polar surface area (TPSA) is 47.0 Å². The van der Waals surface area contributed by atoms with E-state index in [0.717, 1.165) is 16.8 Å². The monoisotopic (exact) mass is 375 g/mol. The highest BCUT2D eigenvalue weighted by Gasteiger charge is 2.42. The van der Waals surface area contributed by atoms with Crippen molar-refractivity contribution in [1.29, 1.82) is 0 Å². The molecule has 6 heteroatoms. The Morgan fingerprint density at radius 3 is 2.82 bits per heavy atom. The van der Waals surface area contributed by atoms with Crippen LogP contribution in [0.25, 0.3) is 0 Å². The number of pyridine rings is 1. The lowest BCUT2D eigenvalue weighted by molar-refractivity contribution is -0.0210. The maximum atomic E-state index is 13.9. The molecule has 0 aliphatic carbocycles. The molecule has 1 aromatic heterocycles. The number of aromatic nitrogens is 1. The highest BCUT2D eigenvalue weighted by atomic mass is 19.1. The molecule has 3 aromatic rings. The molecule has 2 atom stereocenters. The van der Waals surface area contributed by atoms with E-state index < -0.39 is 6.23 Å². The number of methoxy groups -OCH3 is 1. The highest BCUT2D eigenvalue weighted by molar-refractivity contribution is 6.01. The van der Waals surface area contributed by atoms with Crippen molar-refractivity contribution in [2.75, 3.05) is 7.11 Å². The molecule has 0 saturated heterocycles. The number of fused-ring (bicyclic) bond motifs is 3. The molecule has 0 amide bonds. The normalized spacial score (nSPS) is 20.1. The smallest absolute Gasteiger partial charge is 0.214 e. The Bertz CT molecular complexity index is 1050. The van der Waals surface area contributed by atoms with E-state index in [1.54, 1.807) is 19.4 Å². The van der Waals surface area contributed by atoms with E-state index >= 15 is 0 Å². The van der Waals surface area contributed by atoms with E-state index in [1.165, 1.54) is 12.1 Å². The summed E-state index contributed by atoms with van der Waals surface area (Å²) in [6, 6.07) is 16.2. The average molecular weight is 375 g/mol. The third-order valence-electron chi connectivity index (χ3n) is 5.13. The van der Waals surface area contributed by atoms with Gasteiger partial charge in [0.25, 0.3) is 0 Å². The van der Waals surface area contributed by atoms with E-state index in [0.29, 0.717) is 23.5 Å². The summed E-state index contributed by atoms with van der Waals surface area (Å²) in [5, 5.41) is 6.76. The van der Waals surface area contributed by atoms with E-state index in [9.17, 15) is 4.39 Å². The molecule has 140 valence electrons. The van der Waals surface area contributed by atoms with Crippen molar-refractivity contribution in [2.45, 2.75) is 18.7 Å². The largest absolute Gasteiger partial charge is 0.493 e. The van der Waals surface area contributed by atoms with Gasteiger partial charge in [-0.15, -0.1) is 0 Å². The number of hydrogen-bond acceptors (Lipinski definition) is 5. The third kappa shape index (κ3) is 2.69. The van der Waals surface area contributed by atoms with Crippen LogP contribution in [0.4, 0.5) is 4.39 Å². The Kier molecular flexibility index (Phi) is 3.97. The summed E-state index contributed by atoms with van der Waals surface area (Å²) < 4.78 is 25.7. The number of nitrogens with zero attached hydrogens (tertiary/aromatic N) is 3. The Labute approximate surface area is 162 Å². The summed E-state index contributed by atoms with van der Waals surface area (Å²) in [4.78, 5) is 4.21. The molecule has 0 saturated carbocycles. The van der Waals surface area contributed by atoms with Crippen LogP contribution in [0.1, 0.15) is 35.4 Å². The minimum atomic E-state index is -0.543. The Balaban J connectivity index is 1.64. The molecule has 5 rings (SSSR count). The molecule has 2 aliphatic heterocycles. The number of hydrazone groups is 1. The number of rotatable bonds is 3. The number of benzene rings is 2. The van der Waals surface area contributed by atoms with Gasteiger partial charge in [-0.05, 0) is 24.3 Å². The van der Waals surface area contributed by atoms with Crippen LogP contribution < -0.4 is 9.47 Å². The lowest BCUT2D eigenvalue weighted by Gasteiger charge is -2.38. The summed E-state index contributed by atoms with van der Waals surface area (Å²) in [6.07, 6.45) is 3.72. The van der Waals surface area contributed by atoms with Crippen molar-refractivity contribution in [2.24, 2.45) is 5.10 Å². The quantitative estimate of drug-likeness (QED) is 0.678. The first-order valence-electron chi connectivity index (χ1n) is 9.10. The fourth-order valence-electron chi connectivity index (χ4n) is 3.83. The summed E-state index contributed by atoms with van der Waals surface area (Å²) >= 11 is 0. The van der Waals surface area contributed by atoms with E-state index in [2.05, 4.69) is 4.98 Å². The maximum absolute atomic E-state index is 13.9. The first-order valence-corrected chi connectivity index (χ1v) is 9.10. The van der Waals surface area contributed by atoms with Gasteiger partial charge in [0.15, 0.2) is 11.5 Å². The van der Waals surface area contributed by atoms with Gasteiger partial charge in [-0.3, -0.25) is 4.98 Å². The van der Waals surface area contributed by atoms with Crippen LogP contribution in [0.3, 0.4) is 0 Å². The Morgan fingerprint density at radius 2 is 2.04 bits per heavy atom. The molecule has 0 N–H and O–H groups in total. The second kappa shape index (κ2) is 6.64. The van der Waals surface area contributed by atoms with E-state index in [1.807, 2.05) is 47.6 Å². The van der Waals surface area contributed by atoms with E-state index in [4.69, 9.17) is 14.6 Å². The standard InChI is InChI=1S/C22H18FN3O2/c1-27-20-9-3-8-17-19-12-18(15-6-4-10-24-13-15)25-26(19)22(28-21(17)20)14-5-2-7-16(23)11-14/h2-11,13,19,22H,12H2,1H3/t19-,22+/m0/s1. The van der Waals surface area contributed by atoms with Crippen molar-refractivity contribution in [3.63, 3.8) is 0 Å². The van der Waals surface area contributed by atoms with Gasteiger partial charge in [0.05, 0.1) is 18.9 Å². The summed E-state index contributed by atoms with van der Waals surface area (Å²) in [5.74, 6) is 1.04. The summed E-state index contributed by atoms with van der Waals surface area (Å²) in [6.45, 7) is 0. The number of hydrogen-bond donors (Lipinski definition) is 0. The van der Waals surface area contributed by atoms with Crippen LogP contribution >= 0.6 is 0 Å². The van der Waals surface area contributed by atoms with Crippen LogP contribution in [-0.4, -0.2) is 22.8 Å². The van der Waals surface area contributed by atoms with Gasteiger partial charge in [-0.1, -0.05) is 30.3 Å². The van der Waals surface area contributed by atoms with Crippen molar-refractivity contribution >= 4 is 5.71 Å². The average Bonchev–Trinajstić information content (AvgIpc) is 3.19. The van der Waals surface area contributed by atoms with Crippen LogP contribution in [0, 0.1) is 5.82 Å². The van der Waals surface area contributed by atoms with Gasteiger partial charge < -0.3 is 9.47 Å².